The van der Waals surface area contributed by atoms with Crippen molar-refractivity contribution in [2.75, 3.05) is 10.2 Å². The van der Waals surface area contributed by atoms with Gasteiger partial charge in [-0.1, -0.05) is 35.2 Å². The van der Waals surface area contributed by atoms with Gasteiger partial charge >= 0.3 is 0 Å². The molecular formula is C21H16F3N5OS3. The molecule has 2 heterocycles. The normalized spacial score (nSPS) is 10.9. The van der Waals surface area contributed by atoms with Gasteiger partial charge in [0.1, 0.15) is 17.5 Å². The second kappa shape index (κ2) is 10.3. The zero-order valence-corrected chi connectivity index (χ0v) is 19.5. The van der Waals surface area contributed by atoms with Crippen molar-refractivity contribution < 1.29 is 18.0 Å². The standard InChI is InChI=1S/C21H16F3N5OS3/c1-12(30)29(18-7-6-15(23)8-17(18)24)20-26-16(10-31-20)11-32-21-28-27-19(33-21)25-9-13-2-4-14(22)5-3-13/h2-8,10H,9,11H2,1H3,(H,25,27). The molecule has 0 aliphatic heterocycles. The van der Waals surface area contributed by atoms with Crippen molar-refractivity contribution in [3.8, 4) is 0 Å². The van der Waals surface area contributed by atoms with E-state index < -0.39 is 17.5 Å². The molecule has 0 fully saturated rings. The van der Waals surface area contributed by atoms with Crippen LogP contribution in [0.25, 0.3) is 0 Å². The maximum absolute atomic E-state index is 14.2. The molecule has 0 radical (unpaired) electrons. The van der Waals surface area contributed by atoms with Crippen molar-refractivity contribution in [1.82, 2.24) is 15.2 Å². The second-order valence-corrected chi connectivity index (χ2v) is 9.75. The Morgan fingerprint density at radius 3 is 2.58 bits per heavy atom. The average molecular weight is 508 g/mol. The molecule has 4 aromatic rings. The van der Waals surface area contributed by atoms with Crippen LogP contribution in [0.3, 0.4) is 0 Å². The van der Waals surface area contributed by atoms with Crippen LogP contribution in [0, 0.1) is 17.5 Å². The van der Waals surface area contributed by atoms with Crippen LogP contribution in [0.2, 0.25) is 0 Å². The first-order valence-electron chi connectivity index (χ1n) is 9.54. The Hall–Kier alpha value is -2.96. The molecule has 1 N–H and O–H groups in total. The van der Waals surface area contributed by atoms with Gasteiger partial charge in [-0.3, -0.25) is 9.69 Å². The highest BCUT2D eigenvalue weighted by Gasteiger charge is 2.21. The number of thioether (sulfide) groups is 1. The topological polar surface area (TPSA) is 71.0 Å². The number of hydrogen-bond acceptors (Lipinski definition) is 8. The number of carbonyl (C=O) groups is 1. The van der Waals surface area contributed by atoms with E-state index >= 15 is 0 Å². The number of nitrogens with one attached hydrogen (secondary N) is 1. The van der Waals surface area contributed by atoms with Gasteiger partial charge < -0.3 is 5.32 Å². The summed E-state index contributed by atoms with van der Waals surface area (Å²) in [6, 6.07) is 9.23. The lowest BCUT2D eigenvalue weighted by Gasteiger charge is -2.18. The third-order valence-electron chi connectivity index (χ3n) is 4.30. The van der Waals surface area contributed by atoms with Crippen molar-refractivity contribution in [3.63, 3.8) is 0 Å². The van der Waals surface area contributed by atoms with Crippen LogP contribution in [-0.4, -0.2) is 21.1 Å². The van der Waals surface area contributed by atoms with Crippen LogP contribution < -0.4 is 10.2 Å². The zero-order valence-electron chi connectivity index (χ0n) is 17.1. The molecule has 0 aliphatic rings. The summed E-state index contributed by atoms with van der Waals surface area (Å²) in [5, 5.41) is 14.1. The fourth-order valence-corrected chi connectivity index (χ4v) is 5.42. The number of benzene rings is 2. The highest BCUT2D eigenvalue weighted by atomic mass is 32.2. The molecule has 2 aromatic carbocycles. The molecule has 0 aliphatic carbocycles. The number of anilines is 3. The summed E-state index contributed by atoms with van der Waals surface area (Å²) >= 11 is 3.99. The van der Waals surface area contributed by atoms with Crippen molar-refractivity contribution in [1.29, 1.82) is 0 Å². The molecule has 4 rings (SSSR count). The van der Waals surface area contributed by atoms with E-state index in [0.717, 1.165) is 26.9 Å². The van der Waals surface area contributed by atoms with Crippen molar-refractivity contribution >= 4 is 56.3 Å². The van der Waals surface area contributed by atoms with E-state index in [-0.39, 0.29) is 11.5 Å². The first-order valence-corrected chi connectivity index (χ1v) is 12.2. The minimum Gasteiger partial charge on any atom is -0.356 e. The summed E-state index contributed by atoms with van der Waals surface area (Å²) in [7, 11) is 0. The molecular weight excluding hydrogens is 491 g/mol. The first-order chi connectivity index (χ1) is 15.9. The number of hydrogen-bond donors (Lipinski definition) is 1. The van der Waals surface area contributed by atoms with Crippen molar-refractivity contribution in [3.05, 3.63) is 76.6 Å². The number of halogens is 3. The molecule has 0 spiro atoms. The van der Waals surface area contributed by atoms with Crippen LogP contribution in [0.15, 0.2) is 52.2 Å². The molecule has 33 heavy (non-hydrogen) atoms. The van der Waals surface area contributed by atoms with Crippen LogP contribution in [-0.2, 0) is 17.1 Å². The van der Waals surface area contributed by atoms with Gasteiger partial charge in [0, 0.05) is 30.7 Å². The average Bonchev–Trinajstić information content (AvgIpc) is 3.43. The van der Waals surface area contributed by atoms with Gasteiger partial charge in [-0.2, -0.15) is 0 Å². The third-order valence-corrected chi connectivity index (χ3v) is 7.23. The SMILES string of the molecule is CC(=O)N(c1nc(CSc2nnc(NCc3ccc(F)cc3)s2)cs1)c1ccc(F)cc1F. The minimum atomic E-state index is -0.842. The molecule has 0 bridgehead atoms. The number of nitrogens with zero attached hydrogens (tertiary/aromatic N) is 4. The van der Waals surface area contributed by atoms with Gasteiger partial charge in [0.2, 0.25) is 11.0 Å². The summed E-state index contributed by atoms with van der Waals surface area (Å²) in [6.07, 6.45) is 0. The molecule has 0 unspecified atom stereocenters. The van der Waals surface area contributed by atoms with Crippen LogP contribution in [0.1, 0.15) is 18.2 Å². The Morgan fingerprint density at radius 1 is 1.09 bits per heavy atom. The quantitative estimate of drug-likeness (QED) is 0.295. The molecule has 1 amide bonds. The summed E-state index contributed by atoms with van der Waals surface area (Å²) in [5.41, 5.74) is 1.55. The fraction of sp³-hybridized carbons (Fsp3) is 0.143. The Bertz CT molecular complexity index is 1260. The van der Waals surface area contributed by atoms with Gasteiger partial charge in [0.05, 0.1) is 11.4 Å². The lowest BCUT2D eigenvalue weighted by atomic mass is 10.2. The monoisotopic (exact) mass is 507 g/mol. The maximum Gasteiger partial charge on any atom is 0.230 e. The Balaban J connectivity index is 1.37. The highest BCUT2D eigenvalue weighted by Crippen LogP contribution is 2.34. The minimum absolute atomic E-state index is 0.0570. The number of aromatic nitrogens is 3. The van der Waals surface area contributed by atoms with Gasteiger partial charge in [0.25, 0.3) is 0 Å². The van der Waals surface area contributed by atoms with E-state index in [0.29, 0.717) is 28.3 Å². The smallest absolute Gasteiger partial charge is 0.230 e. The fourth-order valence-electron chi connectivity index (χ4n) is 2.79. The number of rotatable bonds is 8. The lowest BCUT2D eigenvalue weighted by molar-refractivity contribution is -0.115. The van der Waals surface area contributed by atoms with Crippen LogP contribution in [0.5, 0.6) is 0 Å². The second-order valence-electron chi connectivity index (χ2n) is 6.71. The van der Waals surface area contributed by atoms with Crippen molar-refractivity contribution in [2.24, 2.45) is 0 Å². The molecule has 0 saturated carbocycles. The predicted molar refractivity (Wildman–Crippen MR) is 124 cm³/mol. The first kappa shape index (κ1) is 23.2. The maximum atomic E-state index is 14.2. The third kappa shape index (κ3) is 5.89. The van der Waals surface area contributed by atoms with Crippen LogP contribution >= 0.6 is 34.4 Å². The summed E-state index contributed by atoms with van der Waals surface area (Å²) in [5.74, 6) is -1.81. The Labute approximate surface area is 199 Å². The number of amides is 1. The molecule has 170 valence electrons. The number of carbonyl (C=O) groups excluding carboxylic acids is 1. The van der Waals surface area contributed by atoms with E-state index in [2.05, 4.69) is 20.5 Å². The van der Waals surface area contributed by atoms with Gasteiger partial charge in [-0.15, -0.1) is 21.5 Å². The Morgan fingerprint density at radius 2 is 1.85 bits per heavy atom. The van der Waals surface area contributed by atoms with Crippen molar-refractivity contribution in [2.45, 2.75) is 23.6 Å². The van der Waals surface area contributed by atoms with E-state index in [1.807, 2.05) is 0 Å². The zero-order chi connectivity index (χ0) is 23.4. The van der Waals surface area contributed by atoms with E-state index in [9.17, 15) is 18.0 Å². The van der Waals surface area contributed by atoms with E-state index in [1.165, 1.54) is 59.6 Å². The molecule has 6 nitrogen and oxygen atoms in total. The molecule has 12 heteroatoms. The molecule has 2 aromatic heterocycles. The molecule has 0 saturated heterocycles. The van der Waals surface area contributed by atoms with E-state index in [4.69, 9.17) is 0 Å². The Kier molecular flexibility index (Phi) is 7.26. The molecule has 0 atom stereocenters. The largest absolute Gasteiger partial charge is 0.356 e. The van der Waals surface area contributed by atoms with Gasteiger partial charge in [-0.25, -0.2) is 18.2 Å². The lowest BCUT2D eigenvalue weighted by Crippen LogP contribution is -2.23. The van der Waals surface area contributed by atoms with Gasteiger partial charge in [-0.05, 0) is 29.8 Å². The van der Waals surface area contributed by atoms with E-state index in [1.54, 1.807) is 17.5 Å². The summed E-state index contributed by atoms with van der Waals surface area (Å²) < 4.78 is 41.2. The number of thiazole rings is 1. The highest BCUT2D eigenvalue weighted by molar-refractivity contribution is 8.00. The van der Waals surface area contributed by atoms with Gasteiger partial charge in [0.15, 0.2) is 9.47 Å². The predicted octanol–water partition coefficient (Wildman–Crippen LogP) is 6.00. The summed E-state index contributed by atoms with van der Waals surface area (Å²) in [4.78, 5) is 17.7. The van der Waals surface area contributed by atoms with Crippen LogP contribution in [0.4, 0.5) is 29.1 Å². The summed E-state index contributed by atoms with van der Waals surface area (Å²) in [6.45, 7) is 1.79.